The van der Waals surface area contributed by atoms with E-state index in [1.807, 2.05) is 41.4 Å². The van der Waals surface area contributed by atoms with Crippen LogP contribution in [-0.4, -0.2) is 40.3 Å². The van der Waals surface area contributed by atoms with Gasteiger partial charge in [0.1, 0.15) is 17.6 Å². The molecule has 0 aliphatic rings. The van der Waals surface area contributed by atoms with Crippen molar-refractivity contribution in [2.75, 3.05) is 13.7 Å². The molecule has 6 nitrogen and oxygen atoms in total. The molecular formula is C17H29Cl2N3O3. The number of rotatable bonds is 7. The summed E-state index contributed by atoms with van der Waals surface area (Å²) in [6.45, 7) is 7.95. The first-order valence-corrected chi connectivity index (χ1v) is 7.48. The first-order valence-electron chi connectivity index (χ1n) is 7.48. The summed E-state index contributed by atoms with van der Waals surface area (Å²) in [6, 6.07) is 7.66. The third-order valence-corrected chi connectivity index (χ3v) is 3.20. The summed E-state index contributed by atoms with van der Waals surface area (Å²) in [5.41, 5.74) is 0.0520. The Labute approximate surface area is 162 Å². The highest BCUT2D eigenvalue weighted by atomic mass is 35.5. The molecule has 2 aromatic rings. The summed E-state index contributed by atoms with van der Waals surface area (Å²) in [6.07, 6.45) is 5.55. The molecule has 0 aliphatic carbocycles. The zero-order chi connectivity index (χ0) is 16.0. The summed E-state index contributed by atoms with van der Waals surface area (Å²) in [7, 11) is 1.66. The lowest BCUT2D eigenvalue weighted by molar-refractivity contribution is 0.166. The van der Waals surface area contributed by atoms with Gasteiger partial charge in [-0.25, -0.2) is 4.98 Å². The molecule has 1 aromatic carbocycles. The third kappa shape index (κ3) is 9.55. The second-order valence-electron chi connectivity index (χ2n) is 6.31. The Morgan fingerprint density at radius 2 is 1.72 bits per heavy atom. The predicted octanol–water partition coefficient (Wildman–Crippen LogP) is 2.75. The number of hydrogen-bond acceptors (Lipinski definition) is 4. The molecule has 3 N–H and O–H groups in total. The van der Waals surface area contributed by atoms with Crippen LogP contribution < -0.4 is 14.8 Å². The molecule has 0 amide bonds. The van der Waals surface area contributed by atoms with Gasteiger partial charge >= 0.3 is 0 Å². The second kappa shape index (κ2) is 12.0. The fourth-order valence-corrected chi connectivity index (χ4v) is 2.04. The molecule has 0 aliphatic heterocycles. The van der Waals surface area contributed by atoms with Gasteiger partial charge in [-0.05, 0) is 45.0 Å². The molecule has 0 spiro atoms. The second-order valence-corrected chi connectivity index (χ2v) is 6.31. The topological polar surface area (TPSA) is 79.8 Å². The molecule has 25 heavy (non-hydrogen) atoms. The molecule has 8 heteroatoms. The number of ether oxygens (including phenoxy) is 2. The molecule has 0 saturated carbocycles. The molecule has 0 radical (unpaired) electrons. The molecule has 1 atom stereocenters. The van der Waals surface area contributed by atoms with Gasteiger partial charge in [0.05, 0.1) is 20.0 Å². The summed E-state index contributed by atoms with van der Waals surface area (Å²) in [5.74, 6) is 1.66. The maximum atomic E-state index is 6.12. The lowest BCUT2D eigenvalue weighted by atomic mass is 10.1. The maximum absolute atomic E-state index is 6.12. The van der Waals surface area contributed by atoms with E-state index in [4.69, 9.17) is 9.47 Å². The van der Waals surface area contributed by atoms with Crippen molar-refractivity contribution in [2.45, 2.75) is 39.0 Å². The average Bonchev–Trinajstić information content (AvgIpc) is 2.98. The number of methoxy groups -OCH3 is 1. The number of nitrogens with zero attached hydrogens (tertiary/aromatic N) is 2. The Morgan fingerprint density at radius 3 is 2.20 bits per heavy atom. The zero-order valence-electron chi connectivity index (χ0n) is 15.1. The van der Waals surface area contributed by atoms with Crippen molar-refractivity contribution < 1.29 is 14.9 Å². The average molecular weight is 394 g/mol. The Balaban J connectivity index is 0. The molecular weight excluding hydrogens is 365 g/mol. The summed E-state index contributed by atoms with van der Waals surface area (Å²) in [4.78, 5) is 4.08. The van der Waals surface area contributed by atoms with Crippen molar-refractivity contribution in [1.82, 2.24) is 14.9 Å². The van der Waals surface area contributed by atoms with Gasteiger partial charge in [-0.1, -0.05) is 0 Å². The van der Waals surface area contributed by atoms with Crippen LogP contribution in [0.25, 0.3) is 0 Å². The minimum atomic E-state index is 0. The number of nitrogens with one attached hydrogen (secondary N) is 1. The van der Waals surface area contributed by atoms with Gasteiger partial charge in [-0.3, -0.25) is 0 Å². The Hall–Kier alpha value is -1.47. The van der Waals surface area contributed by atoms with E-state index in [9.17, 15) is 0 Å². The van der Waals surface area contributed by atoms with Crippen molar-refractivity contribution >= 4 is 24.8 Å². The normalized spacial score (nSPS) is 11.4. The molecule has 0 fully saturated rings. The number of hydrogen-bond donors (Lipinski definition) is 1. The molecule has 144 valence electrons. The van der Waals surface area contributed by atoms with Crippen LogP contribution in [0.3, 0.4) is 0 Å². The summed E-state index contributed by atoms with van der Waals surface area (Å²) >= 11 is 0. The molecule has 1 unspecified atom stereocenters. The van der Waals surface area contributed by atoms with E-state index in [0.29, 0.717) is 0 Å². The number of aromatic nitrogens is 2. The minimum Gasteiger partial charge on any atom is -0.497 e. The minimum absolute atomic E-state index is 0. The van der Waals surface area contributed by atoms with E-state index in [2.05, 4.69) is 31.1 Å². The number of benzene rings is 1. The van der Waals surface area contributed by atoms with Gasteiger partial charge in [0.15, 0.2) is 0 Å². The molecule has 0 bridgehead atoms. The van der Waals surface area contributed by atoms with Gasteiger partial charge in [0.25, 0.3) is 0 Å². The van der Waals surface area contributed by atoms with E-state index < -0.39 is 0 Å². The van der Waals surface area contributed by atoms with Gasteiger partial charge in [0, 0.05) is 24.5 Å². The summed E-state index contributed by atoms with van der Waals surface area (Å²) in [5, 5.41) is 3.49. The highest BCUT2D eigenvalue weighted by molar-refractivity contribution is 5.85. The van der Waals surface area contributed by atoms with E-state index in [0.717, 1.165) is 24.6 Å². The van der Waals surface area contributed by atoms with E-state index in [1.165, 1.54) is 0 Å². The maximum Gasteiger partial charge on any atom is 0.129 e. The van der Waals surface area contributed by atoms with Crippen LogP contribution >= 0.6 is 24.8 Å². The van der Waals surface area contributed by atoms with E-state index in [-0.39, 0.29) is 41.9 Å². The Kier molecular flexibility index (Phi) is 12.3. The number of imidazole rings is 1. The van der Waals surface area contributed by atoms with E-state index in [1.54, 1.807) is 13.3 Å². The lowest BCUT2D eigenvalue weighted by Crippen LogP contribution is -2.44. The Morgan fingerprint density at radius 1 is 1.12 bits per heavy atom. The van der Waals surface area contributed by atoms with Gasteiger partial charge in [-0.15, -0.1) is 24.8 Å². The molecule has 1 heterocycles. The van der Waals surface area contributed by atoms with Crippen molar-refractivity contribution in [3.05, 3.63) is 43.0 Å². The van der Waals surface area contributed by atoms with E-state index >= 15 is 0 Å². The monoisotopic (exact) mass is 393 g/mol. The largest absolute Gasteiger partial charge is 0.497 e. The molecule has 2 rings (SSSR count). The van der Waals surface area contributed by atoms with Crippen molar-refractivity contribution in [3.63, 3.8) is 0 Å². The van der Waals surface area contributed by atoms with Crippen LogP contribution in [0.4, 0.5) is 0 Å². The smallest absolute Gasteiger partial charge is 0.129 e. The standard InChI is InChI=1S/C17H25N3O2.2ClH.H2O/c1-17(2,3)19-11-16(12-20-10-9-18-13-20)22-15-7-5-14(21-4)6-8-15;;;/h5-10,13,16,19H,11-12H2,1-4H3;2*1H;1H2. The zero-order valence-corrected chi connectivity index (χ0v) is 16.7. The highest BCUT2D eigenvalue weighted by Crippen LogP contribution is 2.18. The first kappa shape index (κ1) is 25.8. The fourth-order valence-electron chi connectivity index (χ4n) is 2.04. The third-order valence-electron chi connectivity index (χ3n) is 3.20. The number of halogens is 2. The van der Waals surface area contributed by atoms with Crippen LogP contribution in [0, 0.1) is 0 Å². The lowest BCUT2D eigenvalue weighted by Gasteiger charge is -2.26. The fraction of sp³-hybridized carbons (Fsp3) is 0.471. The SMILES string of the molecule is COc1ccc(OC(CNC(C)(C)C)Cn2ccnc2)cc1.Cl.Cl.O. The highest BCUT2D eigenvalue weighted by Gasteiger charge is 2.16. The molecule has 1 aromatic heterocycles. The predicted molar refractivity (Wildman–Crippen MR) is 106 cm³/mol. The van der Waals surface area contributed by atoms with Crippen molar-refractivity contribution in [2.24, 2.45) is 0 Å². The summed E-state index contributed by atoms with van der Waals surface area (Å²) < 4.78 is 13.3. The van der Waals surface area contributed by atoms with Crippen LogP contribution in [0.5, 0.6) is 11.5 Å². The van der Waals surface area contributed by atoms with Gasteiger partial charge in [-0.2, -0.15) is 0 Å². The first-order chi connectivity index (χ1) is 10.5. The van der Waals surface area contributed by atoms with Crippen LogP contribution in [0.1, 0.15) is 20.8 Å². The van der Waals surface area contributed by atoms with Crippen LogP contribution in [-0.2, 0) is 6.54 Å². The van der Waals surface area contributed by atoms with Crippen LogP contribution in [0.2, 0.25) is 0 Å². The van der Waals surface area contributed by atoms with Crippen molar-refractivity contribution in [1.29, 1.82) is 0 Å². The van der Waals surface area contributed by atoms with Gasteiger partial charge in [0.2, 0.25) is 0 Å². The van der Waals surface area contributed by atoms with Gasteiger partial charge < -0.3 is 24.8 Å². The Bertz CT molecular complexity index is 558. The quantitative estimate of drug-likeness (QED) is 0.783. The molecule has 0 saturated heterocycles. The van der Waals surface area contributed by atoms with Crippen LogP contribution in [0.15, 0.2) is 43.0 Å². The van der Waals surface area contributed by atoms with Crippen molar-refractivity contribution in [3.8, 4) is 11.5 Å².